The maximum absolute atomic E-state index is 14.6. The summed E-state index contributed by atoms with van der Waals surface area (Å²) in [6.45, 7) is 15.5. The van der Waals surface area contributed by atoms with E-state index in [1.54, 1.807) is 101 Å². The van der Waals surface area contributed by atoms with Crippen LogP contribution in [-0.2, 0) is 58.4 Å². The molecule has 4 rings (SSSR count). The van der Waals surface area contributed by atoms with Gasteiger partial charge in [-0.1, -0.05) is 64.1 Å². The van der Waals surface area contributed by atoms with Crippen molar-refractivity contribution in [1.82, 2.24) is 46.5 Å². The third kappa shape index (κ3) is 15.9. The van der Waals surface area contributed by atoms with Gasteiger partial charge in [0.15, 0.2) is 0 Å². The second-order valence-electron chi connectivity index (χ2n) is 18.4. The van der Waals surface area contributed by atoms with Crippen molar-refractivity contribution in [3.05, 3.63) is 71.5 Å². The minimum Gasteiger partial charge on any atom is -0.493 e. The van der Waals surface area contributed by atoms with Gasteiger partial charge in [0.25, 0.3) is 0 Å². The first kappa shape index (κ1) is 55.4. The van der Waals surface area contributed by atoms with Crippen LogP contribution in [0.25, 0.3) is 0 Å². The van der Waals surface area contributed by atoms with Crippen LogP contribution in [0.2, 0.25) is 0 Å². The number of likely N-dealkylation sites (N-methyl/N-ethyl adjacent to an activating group) is 1. The molecule has 3 aromatic rings. The Labute approximate surface area is 407 Å². The van der Waals surface area contributed by atoms with Crippen molar-refractivity contribution in [2.24, 2.45) is 15.6 Å². The average molecular weight is 974 g/mol. The quantitative estimate of drug-likeness (QED) is 0.0445. The molecular weight excluding hydrogens is 907 g/mol. The van der Waals surface area contributed by atoms with Crippen molar-refractivity contribution in [3.8, 4) is 11.5 Å². The molecule has 22 heteroatoms. The molecule has 0 bridgehead atoms. The zero-order valence-electron chi connectivity index (χ0n) is 41.1. The molecule has 1 aromatic heterocycles. The Hall–Kier alpha value is -7.23. The van der Waals surface area contributed by atoms with Gasteiger partial charge in [0.05, 0.1) is 36.1 Å². The third-order valence-corrected chi connectivity index (χ3v) is 11.8. The molecule has 1 fully saturated rings. The number of carbonyl (C=O) groups is 7. The normalized spacial score (nSPS) is 17.6. The van der Waals surface area contributed by atoms with E-state index < -0.39 is 83.3 Å². The first-order valence-corrected chi connectivity index (χ1v) is 23.1. The van der Waals surface area contributed by atoms with Crippen molar-refractivity contribution < 1.29 is 53.2 Å². The van der Waals surface area contributed by atoms with E-state index in [1.807, 2.05) is 13.8 Å². The van der Waals surface area contributed by atoms with E-state index in [-0.39, 0.29) is 51.3 Å². The van der Waals surface area contributed by atoms with E-state index >= 15 is 0 Å². The summed E-state index contributed by atoms with van der Waals surface area (Å²) >= 11 is 0. The summed E-state index contributed by atoms with van der Waals surface area (Å²) in [5.74, 6) is -4.14. The lowest BCUT2D eigenvalue weighted by Gasteiger charge is -2.36. The van der Waals surface area contributed by atoms with Crippen LogP contribution in [0.3, 0.4) is 0 Å². The minimum atomic E-state index is -1.34. The predicted molar refractivity (Wildman–Crippen MR) is 258 cm³/mol. The van der Waals surface area contributed by atoms with Crippen LogP contribution in [-0.4, -0.2) is 148 Å². The number of aliphatic carboxylic acids is 2. The van der Waals surface area contributed by atoms with Gasteiger partial charge in [-0.3, -0.25) is 24.0 Å². The molecule has 0 radical (unpaired) electrons. The topological polar surface area (TPSA) is 297 Å². The Kier molecular flexibility index (Phi) is 20.1. The van der Waals surface area contributed by atoms with E-state index in [2.05, 4.69) is 53.8 Å². The van der Waals surface area contributed by atoms with Crippen LogP contribution >= 0.6 is 0 Å². The van der Waals surface area contributed by atoms with Gasteiger partial charge in [-0.25, -0.2) is 14.3 Å². The Morgan fingerprint density at radius 1 is 0.871 bits per heavy atom. The van der Waals surface area contributed by atoms with Crippen LogP contribution in [0.5, 0.6) is 11.5 Å². The smallest absolute Gasteiger partial charge is 0.326 e. The summed E-state index contributed by atoms with van der Waals surface area (Å²) < 4.78 is 13.2. The number of rotatable bonds is 26. The average Bonchev–Trinajstić information content (AvgIpc) is 3.96. The number of benzene rings is 2. The second-order valence-corrected chi connectivity index (χ2v) is 18.4. The van der Waals surface area contributed by atoms with Crippen molar-refractivity contribution in [1.29, 1.82) is 0 Å². The fourth-order valence-corrected chi connectivity index (χ4v) is 7.47. The number of carbonyl (C=O) groups excluding carboxylic acids is 5. The highest BCUT2D eigenvalue weighted by atomic mass is 16.5. The summed E-state index contributed by atoms with van der Waals surface area (Å²) in [4.78, 5) is 92.2. The number of nitrogens with zero attached hydrogens (tertiary/aromatic N) is 6. The van der Waals surface area contributed by atoms with E-state index in [4.69, 9.17) is 9.47 Å². The maximum atomic E-state index is 14.6. The number of carboxylic acids is 2. The number of hydrogen-bond acceptors (Lipinski definition) is 14. The van der Waals surface area contributed by atoms with Gasteiger partial charge in [0.1, 0.15) is 42.3 Å². The van der Waals surface area contributed by atoms with Crippen LogP contribution in [0, 0.1) is 5.41 Å². The standard InChI is InChI=1S/C48H67N11O11/c1-10-32(55-50-9)27-70-35-18-14-31(15-19-35)23-37(46(67)68)53-40(61)25-51-43(63)38-24-48(7,28-58(38)44(64)41(47(4,5)6)54-42(62)29(3)49-8)59-26-33(56-57-59)20-21-69-34-16-12-30(13-17-34)22-36(45(65)66)52-39(60)11-2/h12-19,26,29,36-38,41,49H,9-11,20-25,27-28H2,1-8H3,(H,51,63)(H,52,60)(H,53,61)(H,54,62)(H,65,66)(H,67,68)/b55-32-. The molecule has 0 aliphatic carbocycles. The summed E-state index contributed by atoms with van der Waals surface area (Å²) in [6, 6.07) is 8.29. The first-order valence-electron chi connectivity index (χ1n) is 23.1. The number of ether oxygens (including phenoxy) is 2. The van der Waals surface area contributed by atoms with Crippen molar-refractivity contribution >= 4 is 53.9 Å². The molecular formula is C48H67N11O11. The maximum Gasteiger partial charge on any atom is 0.326 e. The largest absolute Gasteiger partial charge is 0.493 e. The summed E-state index contributed by atoms with van der Waals surface area (Å²) in [6.07, 6.45) is 2.88. The van der Waals surface area contributed by atoms with Gasteiger partial charge in [0.2, 0.25) is 29.5 Å². The predicted octanol–water partition coefficient (Wildman–Crippen LogP) is 1.65. The molecule has 7 N–H and O–H groups in total. The highest BCUT2D eigenvalue weighted by Gasteiger charge is 2.51. The number of carboxylic acid groups (broad SMARTS) is 2. The lowest BCUT2D eigenvalue weighted by Crippen LogP contribution is -2.60. The van der Waals surface area contributed by atoms with Gasteiger partial charge in [-0.15, -0.1) is 5.10 Å². The van der Waals surface area contributed by atoms with Gasteiger partial charge in [0, 0.05) is 51.6 Å². The lowest BCUT2D eigenvalue weighted by molar-refractivity contribution is -0.144. The second kappa shape index (κ2) is 25.4. The van der Waals surface area contributed by atoms with Crippen molar-refractivity contribution in [2.45, 2.75) is 123 Å². The summed E-state index contributed by atoms with van der Waals surface area (Å²) in [5, 5.41) is 49.0. The van der Waals surface area contributed by atoms with Crippen molar-refractivity contribution in [3.63, 3.8) is 0 Å². The fourth-order valence-electron chi connectivity index (χ4n) is 7.47. The molecule has 6 unspecified atom stereocenters. The highest BCUT2D eigenvalue weighted by molar-refractivity contribution is 5.95. The van der Waals surface area contributed by atoms with Gasteiger partial charge >= 0.3 is 11.9 Å². The molecule has 2 heterocycles. The molecule has 6 atom stereocenters. The minimum absolute atomic E-state index is 0.0268. The molecule has 380 valence electrons. The Morgan fingerprint density at radius 2 is 1.44 bits per heavy atom. The molecule has 0 spiro atoms. The van der Waals surface area contributed by atoms with E-state index in [9.17, 15) is 43.8 Å². The third-order valence-electron chi connectivity index (χ3n) is 11.8. The molecule has 5 amide bonds. The van der Waals surface area contributed by atoms with Crippen LogP contribution < -0.4 is 36.1 Å². The summed E-state index contributed by atoms with van der Waals surface area (Å²) in [5.41, 5.74) is 0.734. The molecule has 70 heavy (non-hydrogen) atoms. The number of amides is 5. The number of likely N-dealkylation sites (tertiary alicyclic amines) is 1. The molecule has 1 saturated heterocycles. The Balaban J connectivity index is 1.46. The SMILES string of the molecule is C=N/N=C(/CC)COc1ccc(CC(NC(=O)CNC(=O)C2CC(C)(n3cc(CCOc4ccc(CC(NC(=O)CC)C(=O)O)cc4)nn3)CN2C(=O)C(NC(=O)C(C)NC)C(C)(C)C)C(=O)O)cc1. The zero-order chi connectivity index (χ0) is 51.8. The van der Waals surface area contributed by atoms with E-state index in [0.717, 1.165) is 0 Å². The first-order chi connectivity index (χ1) is 33.1. The van der Waals surface area contributed by atoms with E-state index in [0.29, 0.717) is 46.9 Å². The molecule has 22 nitrogen and oxygen atoms in total. The molecule has 0 saturated carbocycles. The number of nitrogens with one attached hydrogen (secondary N) is 5. The molecule has 1 aliphatic heterocycles. The zero-order valence-corrected chi connectivity index (χ0v) is 41.1. The van der Waals surface area contributed by atoms with Crippen LogP contribution in [0.4, 0.5) is 0 Å². The van der Waals surface area contributed by atoms with Crippen molar-refractivity contribution in [2.75, 3.05) is 33.4 Å². The monoisotopic (exact) mass is 974 g/mol. The van der Waals surface area contributed by atoms with Gasteiger partial charge in [-0.2, -0.15) is 10.2 Å². The van der Waals surface area contributed by atoms with Gasteiger partial charge < -0.3 is 51.2 Å². The van der Waals surface area contributed by atoms with Gasteiger partial charge in [-0.05, 0) is 68.1 Å². The Bertz CT molecular complexity index is 2350. The number of aromatic nitrogens is 3. The van der Waals surface area contributed by atoms with Crippen LogP contribution in [0.1, 0.15) is 84.5 Å². The number of hydrogen-bond donors (Lipinski definition) is 7. The van der Waals surface area contributed by atoms with Crippen LogP contribution in [0.15, 0.2) is 64.9 Å². The molecule has 1 aliphatic rings. The highest BCUT2D eigenvalue weighted by Crippen LogP contribution is 2.35. The lowest BCUT2D eigenvalue weighted by atomic mass is 9.85. The van der Waals surface area contributed by atoms with E-state index in [1.165, 1.54) is 4.90 Å². The fraction of sp³-hybridized carbons (Fsp3) is 0.521. The molecule has 2 aromatic carbocycles. The Morgan fingerprint density at radius 3 is 1.96 bits per heavy atom. The summed E-state index contributed by atoms with van der Waals surface area (Å²) in [7, 11) is 1.62.